The normalized spacial score (nSPS) is 18.3. The Morgan fingerprint density at radius 2 is 2.09 bits per heavy atom. The van der Waals surface area contributed by atoms with Crippen LogP contribution in [0.25, 0.3) is 0 Å². The van der Waals surface area contributed by atoms with Gasteiger partial charge >= 0.3 is 0 Å². The molecule has 1 aliphatic heterocycles. The molecule has 1 aromatic carbocycles. The molecule has 2 rings (SSSR count). The van der Waals surface area contributed by atoms with Crippen molar-refractivity contribution in [1.82, 2.24) is 9.62 Å². The van der Waals surface area contributed by atoms with Crippen LogP contribution >= 0.6 is 15.9 Å². The summed E-state index contributed by atoms with van der Waals surface area (Å²) in [7, 11) is -3.48. The Morgan fingerprint density at radius 1 is 1.39 bits per heavy atom. The van der Waals surface area contributed by atoms with E-state index in [9.17, 15) is 13.2 Å². The summed E-state index contributed by atoms with van der Waals surface area (Å²) in [5.41, 5.74) is 0.825. The molecule has 0 spiro atoms. The van der Waals surface area contributed by atoms with Gasteiger partial charge in [-0.05, 0) is 30.5 Å². The van der Waals surface area contributed by atoms with Crippen molar-refractivity contribution in [3.63, 3.8) is 0 Å². The fourth-order valence-electron chi connectivity index (χ4n) is 2.33. The molecule has 1 N–H and O–H groups in total. The van der Waals surface area contributed by atoms with Crippen molar-refractivity contribution in [1.29, 1.82) is 0 Å². The first-order valence-corrected chi connectivity index (χ1v) is 10.1. The molecular weight excluding hydrogens is 384 g/mol. The van der Waals surface area contributed by atoms with Crippen LogP contribution in [0.1, 0.15) is 18.4 Å². The zero-order valence-corrected chi connectivity index (χ0v) is 15.4. The van der Waals surface area contributed by atoms with Crippen molar-refractivity contribution in [3.8, 4) is 0 Å². The molecule has 6 nitrogen and oxygen atoms in total. The third kappa shape index (κ3) is 6.21. The van der Waals surface area contributed by atoms with E-state index in [2.05, 4.69) is 21.2 Å². The zero-order chi connectivity index (χ0) is 16.9. The highest BCUT2D eigenvalue weighted by molar-refractivity contribution is 9.10. The van der Waals surface area contributed by atoms with Gasteiger partial charge in [0.25, 0.3) is 0 Å². The quantitative estimate of drug-likeness (QED) is 0.746. The number of hydrogen-bond donors (Lipinski definition) is 1. The molecule has 1 amide bonds. The molecule has 128 valence electrons. The highest BCUT2D eigenvalue weighted by Crippen LogP contribution is 2.14. The van der Waals surface area contributed by atoms with Gasteiger partial charge in [-0.2, -0.15) is 4.31 Å². The predicted molar refractivity (Wildman–Crippen MR) is 91.4 cm³/mol. The second-order valence-corrected chi connectivity index (χ2v) is 8.49. The molecule has 1 heterocycles. The van der Waals surface area contributed by atoms with Gasteiger partial charge in [0, 0.05) is 24.2 Å². The highest BCUT2D eigenvalue weighted by atomic mass is 79.9. The van der Waals surface area contributed by atoms with Crippen LogP contribution in [0, 0.1) is 0 Å². The third-order valence-corrected chi connectivity index (χ3v) is 5.34. The lowest BCUT2D eigenvalue weighted by Crippen LogP contribution is -2.42. The number of rotatable bonds is 7. The molecule has 1 saturated heterocycles. The number of carbonyl (C=O) groups excluding carboxylic acids is 1. The number of nitrogens with zero attached hydrogens (tertiary/aromatic N) is 1. The summed E-state index contributed by atoms with van der Waals surface area (Å²) < 4.78 is 31.3. The average Bonchev–Trinajstić information content (AvgIpc) is 2.99. The van der Waals surface area contributed by atoms with Gasteiger partial charge in [0.05, 0.1) is 18.9 Å². The van der Waals surface area contributed by atoms with E-state index >= 15 is 0 Å². The Morgan fingerprint density at radius 3 is 2.65 bits per heavy atom. The summed E-state index contributed by atoms with van der Waals surface area (Å²) in [5.74, 6) is -0.317. The van der Waals surface area contributed by atoms with E-state index in [-0.39, 0.29) is 25.1 Å². The second-order valence-electron chi connectivity index (χ2n) is 5.60. The molecule has 8 heteroatoms. The van der Waals surface area contributed by atoms with E-state index in [1.54, 1.807) is 0 Å². The lowest BCUT2D eigenvalue weighted by molar-refractivity contribution is -0.121. The Balaban J connectivity index is 1.92. The maximum Gasteiger partial charge on any atom is 0.235 e. The van der Waals surface area contributed by atoms with Crippen molar-refractivity contribution in [2.45, 2.75) is 25.5 Å². The van der Waals surface area contributed by atoms with Crippen LogP contribution in [-0.4, -0.2) is 50.7 Å². The van der Waals surface area contributed by atoms with E-state index in [0.717, 1.165) is 35.7 Å². The smallest absolute Gasteiger partial charge is 0.235 e. The summed E-state index contributed by atoms with van der Waals surface area (Å²) in [4.78, 5) is 12.0. The summed E-state index contributed by atoms with van der Waals surface area (Å²) in [6.45, 7) is 1.12. The van der Waals surface area contributed by atoms with Gasteiger partial charge in [-0.25, -0.2) is 8.42 Å². The van der Waals surface area contributed by atoms with E-state index in [1.807, 2.05) is 24.3 Å². The number of nitrogens with one attached hydrogen (secondary N) is 1. The van der Waals surface area contributed by atoms with Crippen LogP contribution in [0.15, 0.2) is 28.7 Å². The molecule has 23 heavy (non-hydrogen) atoms. The van der Waals surface area contributed by atoms with Crippen LogP contribution in [0.4, 0.5) is 0 Å². The number of halogens is 1. The number of ether oxygens (including phenoxy) is 1. The standard InChI is InChI=1S/C15H21BrN2O4S/c1-23(20,21)18(10-12-4-6-13(16)7-5-12)11-15(19)17-9-14-3-2-8-22-14/h4-7,14H,2-3,8-11H2,1H3,(H,17,19)/t14-/m1/s1. The summed E-state index contributed by atoms with van der Waals surface area (Å²) in [6.07, 6.45) is 3.07. The SMILES string of the molecule is CS(=O)(=O)N(CC(=O)NC[C@H]1CCCO1)Cc1ccc(Br)cc1. The van der Waals surface area contributed by atoms with E-state index in [1.165, 1.54) is 4.31 Å². The molecule has 1 aliphatic rings. The minimum absolute atomic E-state index is 0.0390. The maximum absolute atomic E-state index is 12.0. The highest BCUT2D eigenvalue weighted by Gasteiger charge is 2.22. The molecule has 0 aliphatic carbocycles. The fourth-order valence-corrected chi connectivity index (χ4v) is 3.33. The average molecular weight is 405 g/mol. The molecule has 0 saturated carbocycles. The van der Waals surface area contributed by atoms with Crippen LogP contribution in [0.3, 0.4) is 0 Å². The van der Waals surface area contributed by atoms with Crippen molar-refractivity contribution in [2.75, 3.05) is 26.0 Å². The van der Waals surface area contributed by atoms with Gasteiger partial charge in [-0.3, -0.25) is 4.79 Å². The minimum Gasteiger partial charge on any atom is -0.376 e. The van der Waals surface area contributed by atoms with Crippen LogP contribution in [0.2, 0.25) is 0 Å². The summed E-state index contributed by atoms with van der Waals surface area (Å²) in [5, 5.41) is 2.74. The molecule has 1 aromatic rings. The van der Waals surface area contributed by atoms with E-state index in [0.29, 0.717) is 6.54 Å². The van der Waals surface area contributed by atoms with Gasteiger partial charge in [0.1, 0.15) is 0 Å². The Labute approximate surface area is 145 Å². The third-order valence-electron chi connectivity index (χ3n) is 3.61. The Kier molecular flexibility index (Phi) is 6.58. The molecule has 0 bridgehead atoms. The molecule has 0 aromatic heterocycles. The first-order valence-electron chi connectivity index (χ1n) is 7.42. The Bertz CT molecular complexity index is 627. The number of sulfonamides is 1. The zero-order valence-electron chi connectivity index (χ0n) is 13.0. The van der Waals surface area contributed by atoms with Crippen LogP contribution < -0.4 is 5.32 Å². The van der Waals surface area contributed by atoms with Gasteiger partial charge in [0.2, 0.25) is 15.9 Å². The first kappa shape index (κ1) is 18.4. The number of benzene rings is 1. The Hall–Kier alpha value is -0.960. The summed E-state index contributed by atoms with van der Waals surface area (Å²) in [6, 6.07) is 7.33. The van der Waals surface area contributed by atoms with Crippen LogP contribution in [0.5, 0.6) is 0 Å². The van der Waals surface area contributed by atoms with E-state index < -0.39 is 10.0 Å². The summed E-state index contributed by atoms with van der Waals surface area (Å²) >= 11 is 3.34. The first-order chi connectivity index (χ1) is 10.8. The molecule has 0 radical (unpaired) electrons. The maximum atomic E-state index is 12.0. The fraction of sp³-hybridized carbons (Fsp3) is 0.533. The number of carbonyl (C=O) groups is 1. The van der Waals surface area contributed by atoms with Crippen molar-refractivity contribution in [2.24, 2.45) is 0 Å². The van der Waals surface area contributed by atoms with Gasteiger partial charge in [-0.15, -0.1) is 0 Å². The topological polar surface area (TPSA) is 75.7 Å². The number of amides is 1. The molecular formula is C15H21BrN2O4S. The lowest BCUT2D eigenvalue weighted by Gasteiger charge is -2.20. The second kappa shape index (κ2) is 8.23. The minimum atomic E-state index is -3.48. The van der Waals surface area contributed by atoms with Gasteiger partial charge < -0.3 is 10.1 Å². The van der Waals surface area contributed by atoms with Crippen molar-refractivity contribution >= 4 is 31.9 Å². The van der Waals surface area contributed by atoms with Gasteiger partial charge in [0.15, 0.2) is 0 Å². The monoisotopic (exact) mass is 404 g/mol. The lowest BCUT2D eigenvalue weighted by atomic mass is 10.2. The number of hydrogen-bond acceptors (Lipinski definition) is 4. The molecule has 1 fully saturated rings. The van der Waals surface area contributed by atoms with Gasteiger partial charge in [-0.1, -0.05) is 28.1 Å². The largest absolute Gasteiger partial charge is 0.376 e. The molecule has 0 unspecified atom stereocenters. The van der Waals surface area contributed by atoms with E-state index in [4.69, 9.17) is 4.74 Å². The van der Waals surface area contributed by atoms with Crippen molar-refractivity contribution < 1.29 is 17.9 Å². The molecule has 1 atom stereocenters. The van der Waals surface area contributed by atoms with Crippen molar-refractivity contribution in [3.05, 3.63) is 34.3 Å². The van der Waals surface area contributed by atoms with Crippen LogP contribution in [-0.2, 0) is 26.1 Å². The predicted octanol–water partition coefficient (Wildman–Crippen LogP) is 1.51.